The number of anilines is 1. The fourth-order valence-corrected chi connectivity index (χ4v) is 2.95. The molecule has 0 saturated heterocycles. The van der Waals surface area contributed by atoms with Gasteiger partial charge < -0.3 is 15.0 Å². The van der Waals surface area contributed by atoms with Gasteiger partial charge in [-0.15, -0.1) is 0 Å². The van der Waals surface area contributed by atoms with Crippen LogP contribution in [0.2, 0.25) is 0 Å². The zero-order valence-corrected chi connectivity index (χ0v) is 16.3. The quantitative estimate of drug-likeness (QED) is 0.646. The van der Waals surface area contributed by atoms with Crippen LogP contribution >= 0.6 is 0 Å². The molecular formula is C23H25N3O2. The molecule has 0 radical (unpaired) electrons. The van der Waals surface area contributed by atoms with Crippen LogP contribution in [0.5, 0.6) is 5.75 Å². The van der Waals surface area contributed by atoms with Gasteiger partial charge in [0.15, 0.2) is 0 Å². The minimum absolute atomic E-state index is 0.0462. The Balaban J connectivity index is 1.55. The maximum Gasteiger partial charge on any atom is 0.255 e. The summed E-state index contributed by atoms with van der Waals surface area (Å²) in [5.41, 5.74) is 3.73. The van der Waals surface area contributed by atoms with Crippen LogP contribution in [0.4, 0.5) is 5.69 Å². The normalized spacial score (nSPS) is 10.4. The number of rotatable bonds is 8. The molecule has 1 heterocycles. The maximum absolute atomic E-state index is 12.7. The van der Waals surface area contributed by atoms with Gasteiger partial charge >= 0.3 is 0 Å². The van der Waals surface area contributed by atoms with E-state index in [0.29, 0.717) is 12.1 Å². The topological polar surface area (TPSA) is 54.5 Å². The van der Waals surface area contributed by atoms with Gasteiger partial charge in [-0.25, -0.2) is 0 Å². The van der Waals surface area contributed by atoms with E-state index in [2.05, 4.69) is 22.4 Å². The van der Waals surface area contributed by atoms with Crippen LogP contribution in [0.15, 0.2) is 73.1 Å². The highest BCUT2D eigenvalue weighted by Crippen LogP contribution is 2.14. The van der Waals surface area contributed by atoms with Crippen molar-refractivity contribution in [3.63, 3.8) is 0 Å². The lowest BCUT2D eigenvalue weighted by atomic mass is 10.1. The third-order valence-corrected chi connectivity index (χ3v) is 4.50. The van der Waals surface area contributed by atoms with E-state index in [1.165, 1.54) is 5.56 Å². The maximum atomic E-state index is 12.7. The van der Waals surface area contributed by atoms with Crippen molar-refractivity contribution in [2.24, 2.45) is 0 Å². The smallest absolute Gasteiger partial charge is 0.255 e. The average Bonchev–Trinajstić information content (AvgIpc) is 2.74. The predicted molar refractivity (Wildman–Crippen MR) is 112 cm³/mol. The fraction of sp³-hybridized carbons (Fsp3) is 0.217. The summed E-state index contributed by atoms with van der Waals surface area (Å²) in [4.78, 5) is 18.6. The molecule has 1 aromatic heterocycles. The van der Waals surface area contributed by atoms with Gasteiger partial charge in [-0.2, -0.15) is 0 Å². The Bertz CT molecular complexity index is 895. The number of nitrogens with zero attached hydrogens (tertiary/aromatic N) is 2. The molecule has 1 N–H and O–H groups in total. The lowest BCUT2D eigenvalue weighted by molar-refractivity contribution is 0.0784. The first-order valence-corrected chi connectivity index (χ1v) is 9.27. The number of pyridine rings is 1. The highest BCUT2D eigenvalue weighted by molar-refractivity contribution is 5.94. The summed E-state index contributed by atoms with van der Waals surface area (Å²) in [5, 5.41) is 3.34. The van der Waals surface area contributed by atoms with Crippen molar-refractivity contribution < 1.29 is 9.53 Å². The summed E-state index contributed by atoms with van der Waals surface area (Å²) in [5.74, 6) is 0.807. The largest absolute Gasteiger partial charge is 0.497 e. The standard InChI is InChI=1S/C23H25N3O2/c1-26(17-19-6-4-3-5-7-19)23(27)20-14-21(16-24-15-20)25-13-12-18-8-10-22(28-2)11-9-18/h3-11,14-16,25H,12-13,17H2,1-2H3. The Hall–Kier alpha value is -3.34. The summed E-state index contributed by atoms with van der Waals surface area (Å²) in [6, 6.07) is 19.8. The molecule has 3 aromatic rings. The van der Waals surface area contributed by atoms with E-state index in [4.69, 9.17) is 4.74 Å². The molecule has 0 unspecified atom stereocenters. The van der Waals surface area contributed by atoms with Gasteiger partial charge in [0, 0.05) is 32.5 Å². The third-order valence-electron chi connectivity index (χ3n) is 4.50. The van der Waals surface area contributed by atoms with Crippen LogP contribution in [-0.2, 0) is 13.0 Å². The Morgan fingerprint density at radius 2 is 1.79 bits per heavy atom. The van der Waals surface area contributed by atoms with Gasteiger partial charge in [0.05, 0.1) is 18.4 Å². The van der Waals surface area contributed by atoms with Gasteiger partial charge in [-0.05, 0) is 35.7 Å². The highest BCUT2D eigenvalue weighted by Gasteiger charge is 2.13. The lowest BCUT2D eigenvalue weighted by Crippen LogP contribution is -2.26. The molecule has 1 amide bonds. The number of benzene rings is 2. The number of carbonyl (C=O) groups is 1. The van der Waals surface area contributed by atoms with E-state index in [9.17, 15) is 4.79 Å². The first kappa shape index (κ1) is 19.4. The van der Waals surface area contributed by atoms with E-state index >= 15 is 0 Å². The third kappa shape index (κ3) is 5.33. The van der Waals surface area contributed by atoms with Crippen molar-refractivity contribution in [1.82, 2.24) is 9.88 Å². The second-order valence-electron chi connectivity index (χ2n) is 6.63. The molecule has 0 fully saturated rings. The van der Waals surface area contributed by atoms with E-state index in [0.717, 1.165) is 30.0 Å². The van der Waals surface area contributed by atoms with Crippen molar-refractivity contribution in [2.45, 2.75) is 13.0 Å². The predicted octanol–water partition coefficient (Wildman–Crippen LogP) is 4.02. The van der Waals surface area contributed by atoms with Crippen LogP contribution in [-0.4, -0.2) is 36.5 Å². The molecule has 0 aliphatic heterocycles. The van der Waals surface area contributed by atoms with E-state index < -0.39 is 0 Å². The molecule has 0 saturated carbocycles. The summed E-state index contributed by atoms with van der Waals surface area (Å²) in [6.07, 6.45) is 4.22. The van der Waals surface area contributed by atoms with Crippen molar-refractivity contribution in [1.29, 1.82) is 0 Å². The number of carbonyl (C=O) groups excluding carboxylic acids is 1. The van der Waals surface area contributed by atoms with Gasteiger partial charge in [0.25, 0.3) is 5.91 Å². The molecular weight excluding hydrogens is 350 g/mol. The van der Waals surface area contributed by atoms with Gasteiger partial charge in [-0.1, -0.05) is 42.5 Å². The van der Waals surface area contributed by atoms with E-state index in [1.807, 2.05) is 48.5 Å². The number of aromatic nitrogens is 1. The SMILES string of the molecule is COc1ccc(CCNc2cncc(C(=O)N(C)Cc3ccccc3)c2)cc1. The fourth-order valence-electron chi connectivity index (χ4n) is 2.95. The second-order valence-corrected chi connectivity index (χ2v) is 6.63. The molecule has 144 valence electrons. The molecule has 0 aliphatic rings. The van der Waals surface area contributed by atoms with Crippen LogP contribution < -0.4 is 10.1 Å². The lowest BCUT2D eigenvalue weighted by Gasteiger charge is -2.17. The van der Waals surface area contributed by atoms with Crippen molar-refractivity contribution in [3.05, 3.63) is 89.7 Å². The Labute approximate surface area is 166 Å². The highest BCUT2D eigenvalue weighted by atomic mass is 16.5. The number of ether oxygens (including phenoxy) is 1. The average molecular weight is 375 g/mol. The van der Waals surface area contributed by atoms with Crippen LogP contribution in [0.3, 0.4) is 0 Å². The van der Waals surface area contributed by atoms with Gasteiger partial charge in [0.1, 0.15) is 5.75 Å². The Morgan fingerprint density at radius 1 is 1.04 bits per heavy atom. The Morgan fingerprint density at radius 3 is 2.50 bits per heavy atom. The minimum Gasteiger partial charge on any atom is -0.497 e. The second kappa shape index (κ2) is 9.55. The number of methoxy groups -OCH3 is 1. The first-order chi connectivity index (χ1) is 13.7. The van der Waals surface area contributed by atoms with Gasteiger partial charge in [-0.3, -0.25) is 9.78 Å². The number of hydrogen-bond acceptors (Lipinski definition) is 4. The van der Waals surface area contributed by atoms with Crippen molar-refractivity contribution >= 4 is 11.6 Å². The molecule has 0 bridgehead atoms. The number of hydrogen-bond donors (Lipinski definition) is 1. The van der Waals surface area contributed by atoms with Crippen LogP contribution in [0.25, 0.3) is 0 Å². The monoisotopic (exact) mass is 375 g/mol. The number of nitrogens with one attached hydrogen (secondary N) is 1. The van der Waals surface area contributed by atoms with Crippen molar-refractivity contribution in [2.75, 3.05) is 26.0 Å². The molecule has 5 heteroatoms. The summed E-state index contributed by atoms with van der Waals surface area (Å²) < 4.78 is 5.18. The summed E-state index contributed by atoms with van der Waals surface area (Å²) in [6.45, 7) is 1.32. The minimum atomic E-state index is -0.0462. The zero-order valence-electron chi connectivity index (χ0n) is 16.3. The molecule has 5 nitrogen and oxygen atoms in total. The van der Waals surface area contributed by atoms with E-state index in [1.54, 1.807) is 31.5 Å². The molecule has 3 rings (SSSR count). The molecule has 0 aliphatic carbocycles. The van der Waals surface area contributed by atoms with Crippen LogP contribution in [0.1, 0.15) is 21.5 Å². The van der Waals surface area contributed by atoms with E-state index in [-0.39, 0.29) is 5.91 Å². The molecule has 2 aromatic carbocycles. The molecule has 28 heavy (non-hydrogen) atoms. The molecule has 0 atom stereocenters. The first-order valence-electron chi connectivity index (χ1n) is 9.27. The summed E-state index contributed by atoms with van der Waals surface area (Å²) >= 11 is 0. The van der Waals surface area contributed by atoms with Crippen molar-refractivity contribution in [3.8, 4) is 5.75 Å². The van der Waals surface area contributed by atoms with Crippen LogP contribution in [0, 0.1) is 0 Å². The summed E-state index contributed by atoms with van der Waals surface area (Å²) in [7, 11) is 3.47. The number of amides is 1. The molecule has 0 spiro atoms. The Kier molecular flexibility index (Phi) is 6.63. The van der Waals surface area contributed by atoms with Gasteiger partial charge in [0.2, 0.25) is 0 Å². The zero-order chi connectivity index (χ0) is 19.8.